The first-order valence-electron chi connectivity index (χ1n) is 7.41. The predicted octanol–water partition coefficient (Wildman–Crippen LogP) is 5.98. The standard InChI is InChI=1S/C19H19ClF2O/c1-4-11-23-19-15(9-10-16(21)18(19)22)17(20)14-8-6-5-7-13(14)12(2)3/h4-10,12,17H,1,11H2,2-3H3. The maximum Gasteiger partial charge on any atom is 0.200 e. The minimum Gasteiger partial charge on any atom is -0.486 e. The molecule has 0 saturated heterocycles. The van der Waals surface area contributed by atoms with Crippen molar-refractivity contribution in [2.75, 3.05) is 6.61 Å². The molecule has 0 aromatic heterocycles. The molecule has 1 nitrogen and oxygen atoms in total. The summed E-state index contributed by atoms with van der Waals surface area (Å²) in [4.78, 5) is 0. The Bertz CT molecular complexity index is 698. The van der Waals surface area contributed by atoms with Gasteiger partial charge in [0.05, 0.1) is 5.38 Å². The Morgan fingerprint density at radius 1 is 1.09 bits per heavy atom. The molecule has 1 atom stereocenters. The van der Waals surface area contributed by atoms with Gasteiger partial charge in [-0.05, 0) is 23.1 Å². The molecule has 2 aromatic carbocycles. The number of halogens is 3. The van der Waals surface area contributed by atoms with Crippen molar-refractivity contribution in [1.82, 2.24) is 0 Å². The van der Waals surface area contributed by atoms with Gasteiger partial charge >= 0.3 is 0 Å². The first kappa shape index (κ1) is 17.5. The summed E-state index contributed by atoms with van der Waals surface area (Å²) in [5.74, 6) is -1.90. The number of rotatable bonds is 6. The lowest BCUT2D eigenvalue weighted by Gasteiger charge is -2.20. The smallest absolute Gasteiger partial charge is 0.200 e. The molecule has 2 rings (SSSR count). The van der Waals surface area contributed by atoms with Crippen LogP contribution in [0.2, 0.25) is 0 Å². The van der Waals surface area contributed by atoms with Gasteiger partial charge in [-0.25, -0.2) is 4.39 Å². The van der Waals surface area contributed by atoms with Crippen molar-refractivity contribution in [3.8, 4) is 5.75 Å². The monoisotopic (exact) mass is 336 g/mol. The lowest BCUT2D eigenvalue weighted by Crippen LogP contribution is -2.06. The van der Waals surface area contributed by atoms with Gasteiger partial charge in [-0.15, -0.1) is 11.6 Å². The third-order valence-electron chi connectivity index (χ3n) is 3.59. The number of hydrogen-bond acceptors (Lipinski definition) is 1. The van der Waals surface area contributed by atoms with Crippen molar-refractivity contribution in [1.29, 1.82) is 0 Å². The van der Waals surface area contributed by atoms with E-state index in [1.807, 2.05) is 24.3 Å². The summed E-state index contributed by atoms with van der Waals surface area (Å²) in [5, 5.41) is -0.636. The molecule has 0 spiro atoms. The van der Waals surface area contributed by atoms with Crippen LogP contribution >= 0.6 is 11.6 Å². The Hall–Kier alpha value is -1.87. The molecular weight excluding hydrogens is 318 g/mol. The van der Waals surface area contributed by atoms with E-state index in [-0.39, 0.29) is 18.3 Å². The molecule has 0 heterocycles. The van der Waals surface area contributed by atoms with E-state index < -0.39 is 17.0 Å². The summed E-state index contributed by atoms with van der Waals surface area (Å²) >= 11 is 6.59. The molecule has 2 aromatic rings. The highest BCUT2D eigenvalue weighted by Crippen LogP contribution is 2.40. The predicted molar refractivity (Wildman–Crippen MR) is 90.3 cm³/mol. The molecule has 0 amide bonds. The zero-order chi connectivity index (χ0) is 17.0. The first-order valence-corrected chi connectivity index (χ1v) is 7.85. The Labute approximate surface area is 140 Å². The molecule has 0 aliphatic carbocycles. The maximum absolute atomic E-state index is 14.1. The average molecular weight is 337 g/mol. The number of alkyl halides is 1. The van der Waals surface area contributed by atoms with Crippen LogP contribution in [0.5, 0.6) is 5.75 Å². The van der Waals surface area contributed by atoms with Crippen molar-refractivity contribution in [2.24, 2.45) is 0 Å². The van der Waals surface area contributed by atoms with Gasteiger partial charge in [0.15, 0.2) is 11.6 Å². The Morgan fingerprint density at radius 2 is 1.74 bits per heavy atom. The van der Waals surface area contributed by atoms with E-state index in [0.29, 0.717) is 5.56 Å². The van der Waals surface area contributed by atoms with Crippen molar-refractivity contribution in [2.45, 2.75) is 25.1 Å². The van der Waals surface area contributed by atoms with Crippen LogP contribution in [0, 0.1) is 11.6 Å². The third kappa shape index (κ3) is 3.73. The van der Waals surface area contributed by atoms with Crippen LogP contribution in [0.15, 0.2) is 49.1 Å². The fraction of sp³-hybridized carbons (Fsp3) is 0.263. The van der Waals surface area contributed by atoms with E-state index in [4.69, 9.17) is 16.3 Å². The van der Waals surface area contributed by atoms with Crippen molar-refractivity contribution in [3.63, 3.8) is 0 Å². The second kappa shape index (κ2) is 7.60. The van der Waals surface area contributed by atoms with Crippen LogP contribution in [0.1, 0.15) is 41.8 Å². The molecule has 0 saturated carbocycles. The highest BCUT2D eigenvalue weighted by Gasteiger charge is 2.23. The van der Waals surface area contributed by atoms with Crippen molar-refractivity contribution < 1.29 is 13.5 Å². The number of benzene rings is 2. The van der Waals surface area contributed by atoms with Crippen LogP contribution in [-0.2, 0) is 0 Å². The molecule has 0 radical (unpaired) electrons. The van der Waals surface area contributed by atoms with Gasteiger partial charge in [0.1, 0.15) is 6.61 Å². The largest absolute Gasteiger partial charge is 0.486 e. The Kier molecular flexibility index (Phi) is 5.78. The lowest BCUT2D eigenvalue weighted by atomic mass is 9.92. The normalized spacial score (nSPS) is 12.3. The second-order valence-electron chi connectivity index (χ2n) is 5.53. The Balaban J connectivity index is 2.53. The van der Waals surface area contributed by atoms with E-state index in [9.17, 15) is 8.78 Å². The summed E-state index contributed by atoms with van der Waals surface area (Å²) in [6, 6.07) is 10.2. The van der Waals surface area contributed by atoms with Crippen LogP contribution in [-0.4, -0.2) is 6.61 Å². The average Bonchev–Trinajstić information content (AvgIpc) is 2.55. The van der Waals surface area contributed by atoms with E-state index in [2.05, 4.69) is 20.4 Å². The van der Waals surface area contributed by atoms with E-state index in [1.54, 1.807) is 0 Å². The summed E-state index contributed by atoms with van der Waals surface area (Å²) in [6.07, 6.45) is 1.47. The number of ether oxygens (including phenoxy) is 1. The van der Waals surface area contributed by atoms with Gasteiger partial charge < -0.3 is 4.74 Å². The molecule has 0 bridgehead atoms. The Morgan fingerprint density at radius 3 is 2.35 bits per heavy atom. The lowest BCUT2D eigenvalue weighted by molar-refractivity contribution is 0.329. The van der Waals surface area contributed by atoms with Crippen LogP contribution in [0.4, 0.5) is 8.78 Å². The zero-order valence-corrected chi connectivity index (χ0v) is 13.9. The molecular formula is C19H19ClF2O. The summed E-state index contributed by atoms with van der Waals surface area (Å²) in [6.45, 7) is 7.71. The fourth-order valence-electron chi connectivity index (χ4n) is 2.47. The molecule has 4 heteroatoms. The van der Waals surface area contributed by atoms with E-state index in [0.717, 1.165) is 17.2 Å². The summed E-state index contributed by atoms with van der Waals surface area (Å²) < 4.78 is 33.0. The van der Waals surface area contributed by atoms with Gasteiger partial charge in [-0.1, -0.05) is 56.8 Å². The molecule has 23 heavy (non-hydrogen) atoms. The minimum atomic E-state index is -1.03. The first-order chi connectivity index (χ1) is 11.0. The van der Waals surface area contributed by atoms with E-state index in [1.165, 1.54) is 12.1 Å². The number of hydrogen-bond donors (Lipinski definition) is 0. The molecule has 0 N–H and O–H groups in total. The quantitative estimate of drug-likeness (QED) is 0.465. The van der Waals surface area contributed by atoms with Gasteiger partial charge in [-0.2, -0.15) is 4.39 Å². The molecule has 0 fully saturated rings. The molecule has 0 aliphatic rings. The van der Waals surface area contributed by atoms with Crippen molar-refractivity contribution in [3.05, 3.63) is 77.4 Å². The highest BCUT2D eigenvalue weighted by molar-refractivity contribution is 6.23. The third-order valence-corrected chi connectivity index (χ3v) is 4.06. The molecule has 122 valence electrons. The molecule has 1 unspecified atom stereocenters. The fourth-order valence-corrected chi connectivity index (χ4v) is 2.84. The topological polar surface area (TPSA) is 9.23 Å². The van der Waals surface area contributed by atoms with Crippen molar-refractivity contribution >= 4 is 11.6 Å². The van der Waals surface area contributed by atoms with Gasteiger partial charge in [0.25, 0.3) is 0 Å². The van der Waals surface area contributed by atoms with Gasteiger partial charge in [0, 0.05) is 5.56 Å². The van der Waals surface area contributed by atoms with Crippen LogP contribution < -0.4 is 4.74 Å². The summed E-state index contributed by atoms with van der Waals surface area (Å²) in [5.41, 5.74) is 2.33. The molecule has 0 aliphatic heterocycles. The van der Waals surface area contributed by atoms with E-state index >= 15 is 0 Å². The van der Waals surface area contributed by atoms with Gasteiger partial charge in [-0.3, -0.25) is 0 Å². The summed E-state index contributed by atoms with van der Waals surface area (Å²) in [7, 11) is 0. The van der Waals surface area contributed by atoms with Gasteiger partial charge in [0.2, 0.25) is 5.82 Å². The highest BCUT2D eigenvalue weighted by atomic mass is 35.5. The van der Waals surface area contributed by atoms with Crippen LogP contribution in [0.25, 0.3) is 0 Å². The SMILES string of the molecule is C=CCOc1c(C(Cl)c2ccccc2C(C)C)ccc(F)c1F. The van der Waals surface area contributed by atoms with Crippen LogP contribution in [0.3, 0.4) is 0 Å². The zero-order valence-electron chi connectivity index (χ0n) is 13.2. The second-order valence-corrected chi connectivity index (χ2v) is 5.96. The maximum atomic E-state index is 14.1. The minimum absolute atomic E-state index is 0.0722.